The van der Waals surface area contributed by atoms with Gasteiger partial charge in [-0.25, -0.2) is 4.39 Å². The molecule has 0 amide bonds. The van der Waals surface area contributed by atoms with E-state index in [2.05, 4.69) is 11.0 Å². The number of fused-ring (bicyclic) bond motifs is 1. The van der Waals surface area contributed by atoms with Gasteiger partial charge in [-0.3, -0.25) is 0 Å². The van der Waals surface area contributed by atoms with E-state index < -0.39 is 0 Å². The molecule has 2 rings (SSSR count). The maximum atomic E-state index is 13.1. The number of benzene rings is 1. The average Bonchev–Trinajstić information content (AvgIpc) is 2.44. The molecule has 0 N–H and O–H groups in total. The van der Waals surface area contributed by atoms with Crippen molar-refractivity contribution in [2.75, 3.05) is 14.1 Å². The normalized spacial score (nSPS) is 11.5. The van der Waals surface area contributed by atoms with Gasteiger partial charge in [0.15, 0.2) is 0 Å². The van der Waals surface area contributed by atoms with Gasteiger partial charge >= 0.3 is 0 Å². The Kier molecular flexibility index (Phi) is 2.49. The Morgan fingerprint density at radius 2 is 2.00 bits per heavy atom. The van der Waals surface area contributed by atoms with Crippen LogP contribution in [0, 0.1) is 5.82 Å². The Hall–Kier alpha value is -1.35. The Bertz CT molecular complexity index is 486. The van der Waals surface area contributed by atoms with Crippen molar-refractivity contribution in [1.29, 1.82) is 0 Å². The molecule has 80 valence electrons. The molecule has 2 aromatic rings. The molecule has 3 heteroatoms. The number of rotatable bonds is 2. The highest BCUT2D eigenvalue weighted by Crippen LogP contribution is 2.20. The van der Waals surface area contributed by atoms with Gasteiger partial charge in [0.1, 0.15) is 5.82 Å². The van der Waals surface area contributed by atoms with Crippen LogP contribution in [0.3, 0.4) is 0 Å². The zero-order valence-electron chi connectivity index (χ0n) is 9.29. The minimum atomic E-state index is -0.180. The van der Waals surface area contributed by atoms with Crippen LogP contribution in [-0.2, 0) is 13.6 Å². The number of hydrogen-bond donors (Lipinski definition) is 0. The van der Waals surface area contributed by atoms with E-state index in [1.165, 1.54) is 11.8 Å². The van der Waals surface area contributed by atoms with Crippen LogP contribution in [0.1, 0.15) is 5.69 Å². The van der Waals surface area contributed by atoms with Crippen molar-refractivity contribution < 1.29 is 4.39 Å². The molecule has 0 aliphatic carbocycles. The van der Waals surface area contributed by atoms with Gasteiger partial charge in [0, 0.05) is 24.7 Å². The number of nitrogens with zero attached hydrogens (tertiary/aromatic N) is 2. The van der Waals surface area contributed by atoms with E-state index in [-0.39, 0.29) is 5.82 Å². The SMILES string of the molecule is CN(C)Cc1cc2ccc(F)cc2n1C. The predicted octanol–water partition coefficient (Wildman–Crippen LogP) is 2.38. The van der Waals surface area contributed by atoms with Gasteiger partial charge in [0.05, 0.1) is 5.52 Å². The smallest absolute Gasteiger partial charge is 0.125 e. The molecule has 0 fully saturated rings. The minimum Gasteiger partial charge on any atom is -0.346 e. The molecule has 0 spiro atoms. The van der Waals surface area contributed by atoms with E-state index in [0.29, 0.717) is 0 Å². The van der Waals surface area contributed by atoms with Crippen molar-refractivity contribution in [3.05, 3.63) is 35.8 Å². The Morgan fingerprint density at radius 1 is 1.27 bits per heavy atom. The summed E-state index contributed by atoms with van der Waals surface area (Å²) in [6.45, 7) is 0.868. The second-order valence-corrected chi connectivity index (χ2v) is 4.14. The van der Waals surface area contributed by atoms with Crippen molar-refractivity contribution in [3.8, 4) is 0 Å². The molecule has 0 atom stereocenters. The maximum Gasteiger partial charge on any atom is 0.125 e. The zero-order chi connectivity index (χ0) is 11.0. The van der Waals surface area contributed by atoms with E-state index >= 15 is 0 Å². The summed E-state index contributed by atoms with van der Waals surface area (Å²) >= 11 is 0. The van der Waals surface area contributed by atoms with E-state index in [4.69, 9.17) is 0 Å². The van der Waals surface area contributed by atoms with Crippen LogP contribution in [0.4, 0.5) is 4.39 Å². The average molecular weight is 206 g/mol. The molecule has 0 unspecified atom stereocenters. The molecule has 0 aliphatic heterocycles. The summed E-state index contributed by atoms with van der Waals surface area (Å²) in [5.74, 6) is -0.180. The van der Waals surface area contributed by atoms with Crippen LogP contribution in [0.5, 0.6) is 0 Å². The highest BCUT2D eigenvalue weighted by molar-refractivity contribution is 5.81. The molecule has 1 aromatic heterocycles. The van der Waals surface area contributed by atoms with Gasteiger partial charge in [-0.15, -0.1) is 0 Å². The lowest BCUT2D eigenvalue weighted by Gasteiger charge is -2.10. The monoisotopic (exact) mass is 206 g/mol. The number of halogens is 1. The molecule has 1 aromatic carbocycles. The lowest BCUT2D eigenvalue weighted by molar-refractivity contribution is 0.392. The van der Waals surface area contributed by atoms with Crippen LogP contribution in [-0.4, -0.2) is 23.6 Å². The number of aromatic nitrogens is 1. The van der Waals surface area contributed by atoms with Crippen LogP contribution in [0.2, 0.25) is 0 Å². The molecule has 0 bridgehead atoms. The highest BCUT2D eigenvalue weighted by atomic mass is 19.1. The van der Waals surface area contributed by atoms with Crippen molar-refractivity contribution in [2.45, 2.75) is 6.54 Å². The second kappa shape index (κ2) is 3.66. The van der Waals surface area contributed by atoms with Gasteiger partial charge in [-0.1, -0.05) is 0 Å². The van der Waals surface area contributed by atoms with Gasteiger partial charge in [0.25, 0.3) is 0 Å². The van der Waals surface area contributed by atoms with Gasteiger partial charge in [-0.05, 0) is 38.4 Å². The molecule has 0 saturated heterocycles. The molecule has 0 saturated carbocycles. The third-order valence-corrected chi connectivity index (χ3v) is 2.58. The van der Waals surface area contributed by atoms with E-state index in [0.717, 1.165) is 17.4 Å². The predicted molar refractivity (Wildman–Crippen MR) is 60.3 cm³/mol. The minimum absolute atomic E-state index is 0.180. The second-order valence-electron chi connectivity index (χ2n) is 4.14. The van der Waals surface area contributed by atoms with E-state index in [9.17, 15) is 4.39 Å². The Labute approximate surface area is 88.9 Å². The summed E-state index contributed by atoms with van der Waals surface area (Å²) in [5, 5.41) is 1.09. The third-order valence-electron chi connectivity index (χ3n) is 2.58. The lowest BCUT2D eigenvalue weighted by Crippen LogP contribution is -2.13. The fourth-order valence-electron chi connectivity index (χ4n) is 1.84. The van der Waals surface area contributed by atoms with E-state index in [1.54, 1.807) is 6.07 Å². The summed E-state index contributed by atoms with van der Waals surface area (Å²) in [4.78, 5) is 2.10. The first-order chi connectivity index (χ1) is 7.08. The van der Waals surface area contributed by atoms with Gasteiger partial charge in [0.2, 0.25) is 0 Å². The van der Waals surface area contributed by atoms with Crippen molar-refractivity contribution >= 4 is 10.9 Å². The van der Waals surface area contributed by atoms with Crippen LogP contribution in [0.25, 0.3) is 10.9 Å². The standard InChI is InChI=1S/C12H15FN2/c1-14(2)8-11-6-9-4-5-10(13)7-12(9)15(11)3/h4-7H,8H2,1-3H3. The zero-order valence-corrected chi connectivity index (χ0v) is 9.29. The third kappa shape index (κ3) is 1.88. The topological polar surface area (TPSA) is 8.17 Å². The summed E-state index contributed by atoms with van der Waals surface area (Å²) < 4.78 is 15.1. The molecule has 2 nitrogen and oxygen atoms in total. The van der Waals surface area contributed by atoms with Crippen molar-refractivity contribution in [3.63, 3.8) is 0 Å². The van der Waals surface area contributed by atoms with E-state index in [1.807, 2.05) is 31.8 Å². The summed E-state index contributed by atoms with van der Waals surface area (Å²) in [5.41, 5.74) is 2.15. The highest BCUT2D eigenvalue weighted by Gasteiger charge is 2.06. The number of aryl methyl sites for hydroxylation is 1. The van der Waals surface area contributed by atoms with Crippen LogP contribution in [0.15, 0.2) is 24.3 Å². The summed E-state index contributed by atoms with van der Waals surface area (Å²) in [7, 11) is 6.02. The van der Waals surface area contributed by atoms with Crippen LogP contribution >= 0.6 is 0 Å². The fraction of sp³-hybridized carbons (Fsp3) is 0.333. The first-order valence-corrected chi connectivity index (χ1v) is 4.96. The fourth-order valence-corrected chi connectivity index (χ4v) is 1.84. The number of hydrogen-bond acceptors (Lipinski definition) is 1. The largest absolute Gasteiger partial charge is 0.346 e. The first kappa shape index (κ1) is 10.2. The maximum absolute atomic E-state index is 13.1. The van der Waals surface area contributed by atoms with Gasteiger partial charge < -0.3 is 9.47 Å². The Balaban J connectivity index is 2.54. The molecule has 0 aliphatic rings. The summed E-state index contributed by atoms with van der Waals surface area (Å²) in [6, 6.07) is 7.01. The Morgan fingerprint density at radius 3 is 2.67 bits per heavy atom. The lowest BCUT2D eigenvalue weighted by atomic mass is 10.2. The molecule has 15 heavy (non-hydrogen) atoms. The van der Waals surface area contributed by atoms with Crippen molar-refractivity contribution in [2.24, 2.45) is 7.05 Å². The summed E-state index contributed by atoms with van der Waals surface area (Å²) in [6.07, 6.45) is 0. The quantitative estimate of drug-likeness (QED) is 0.732. The molecule has 0 radical (unpaired) electrons. The first-order valence-electron chi connectivity index (χ1n) is 4.96. The molecule has 1 heterocycles. The van der Waals surface area contributed by atoms with Gasteiger partial charge in [-0.2, -0.15) is 0 Å². The molecular formula is C12H15FN2. The van der Waals surface area contributed by atoms with Crippen LogP contribution < -0.4 is 0 Å². The molecular weight excluding hydrogens is 191 g/mol. The van der Waals surface area contributed by atoms with Crippen molar-refractivity contribution in [1.82, 2.24) is 9.47 Å².